The lowest BCUT2D eigenvalue weighted by Crippen LogP contribution is -2.27. The van der Waals surface area contributed by atoms with Crippen LogP contribution in [0.4, 0.5) is 0 Å². The fraction of sp³-hybridized carbons (Fsp3) is 0.692. The quantitative estimate of drug-likeness (QED) is 0.699. The van der Waals surface area contributed by atoms with Crippen molar-refractivity contribution in [1.82, 2.24) is 0 Å². The lowest BCUT2D eigenvalue weighted by atomic mass is 10.1. The van der Waals surface area contributed by atoms with Gasteiger partial charge in [-0.2, -0.15) is 0 Å². The Morgan fingerprint density at radius 1 is 1.39 bits per heavy atom. The van der Waals surface area contributed by atoms with Gasteiger partial charge in [-0.15, -0.1) is 11.3 Å². The molecule has 104 valence electrons. The van der Waals surface area contributed by atoms with Gasteiger partial charge in [0.1, 0.15) is 6.10 Å². The minimum atomic E-state index is -0.0453. The van der Waals surface area contributed by atoms with Crippen molar-refractivity contribution in [2.24, 2.45) is 5.73 Å². The van der Waals surface area contributed by atoms with Crippen LogP contribution in [0.25, 0.3) is 0 Å². The third kappa shape index (κ3) is 5.80. The Bertz CT molecular complexity index is 331. The average molecular weight is 336 g/mol. The fourth-order valence-electron chi connectivity index (χ4n) is 1.55. The Labute approximate surface area is 122 Å². The number of thiophene rings is 1. The number of nitrogens with two attached hydrogens (primary N) is 1. The van der Waals surface area contributed by atoms with Crippen LogP contribution in [-0.2, 0) is 9.47 Å². The van der Waals surface area contributed by atoms with Gasteiger partial charge in [-0.1, -0.05) is 13.3 Å². The molecule has 0 radical (unpaired) electrons. The Balaban J connectivity index is 2.31. The highest BCUT2D eigenvalue weighted by atomic mass is 79.9. The average Bonchev–Trinajstić information content (AvgIpc) is 2.74. The molecule has 0 aliphatic rings. The summed E-state index contributed by atoms with van der Waals surface area (Å²) < 4.78 is 12.4. The first-order valence-corrected chi connectivity index (χ1v) is 8.01. The summed E-state index contributed by atoms with van der Waals surface area (Å²) in [6, 6.07) is 2.04. The Morgan fingerprint density at radius 2 is 2.17 bits per heavy atom. The Hall–Kier alpha value is 0.0600. The van der Waals surface area contributed by atoms with Crippen molar-refractivity contribution in [3.8, 4) is 0 Å². The molecular formula is C13H22BrNO2S. The number of hydrogen-bond donors (Lipinski definition) is 1. The van der Waals surface area contributed by atoms with Gasteiger partial charge in [0.25, 0.3) is 0 Å². The third-order valence-corrected chi connectivity index (χ3v) is 4.27. The maximum atomic E-state index is 5.97. The molecule has 2 N–H and O–H groups in total. The smallest absolute Gasteiger partial charge is 0.107 e. The van der Waals surface area contributed by atoms with Crippen LogP contribution in [0.1, 0.15) is 37.7 Å². The van der Waals surface area contributed by atoms with Crippen LogP contribution in [0.2, 0.25) is 0 Å². The SMILES string of the molecule is CCCCOCCOC(c1cc(Br)cs1)C(C)N. The van der Waals surface area contributed by atoms with Crippen molar-refractivity contribution in [1.29, 1.82) is 0 Å². The molecular weight excluding hydrogens is 314 g/mol. The van der Waals surface area contributed by atoms with Gasteiger partial charge in [0, 0.05) is 27.4 Å². The summed E-state index contributed by atoms with van der Waals surface area (Å²) >= 11 is 5.11. The zero-order valence-electron chi connectivity index (χ0n) is 11.0. The first-order chi connectivity index (χ1) is 8.65. The normalized spacial score (nSPS) is 14.7. The molecule has 0 spiro atoms. The molecule has 1 heterocycles. The molecule has 0 aliphatic heterocycles. The lowest BCUT2D eigenvalue weighted by molar-refractivity contribution is -0.00376. The second kappa shape index (κ2) is 9.04. The van der Waals surface area contributed by atoms with Gasteiger partial charge in [-0.3, -0.25) is 0 Å². The van der Waals surface area contributed by atoms with E-state index in [9.17, 15) is 0 Å². The highest BCUT2D eigenvalue weighted by Crippen LogP contribution is 2.29. The molecule has 1 aromatic rings. The van der Waals surface area contributed by atoms with Crippen molar-refractivity contribution in [2.45, 2.75) is 38.8 Å². The molecule has 0 aromatic carbocycles. The highest BCUT2D eigenvalue weighted by molar-refractivity contribution is 9.10. The summed E-state index contributed by atoms with van der Waals surface area (Å²) in [4.78, 5) is 1.16. The van der Waals surface area contributed by atoms with Crippen LogP contribution < -0.4 is 5.73 Å². The van der Waals surface area contributed by atoms with Crippen molar-refractivity contribution >= 4 is 27.3 Å². The van der Waals surface area contributed by atoms with E-state index in [0.29, 0.717) is 13.2 Å². The van der Waals surface area contributed by atoms with E-state index in [4.69, 9.17) is 15.2 Å². The minimum absolute atomic E-state index is 0.0220. The van der Waals surface area contributed by atoms with Gasteiger partial charge in [0.05, 0.1) is 13.2 Å². The number of unbranched alkanes of at least 4 members (excludes halogenated alkanes) is 1. The van der Waals surface area contributed by atoms with Crippen molar-refractivity contribution in [3.63, 3.8) is 0 Å². The van der Waals surface area contributed by atoms with Crippen LogP contribution >= 0.6 is 27.3 Å². The van der Waals surface area contributed by atoms with Gasteiger partial charge in [-0.25, -0.2) is 0 Å². The maximum Gasteiger partial charge on any atom is 0.107 e. The predicted molar refractivity (Wildman–Crippen MR) is 80.1 cm³/mol. The van der Waals surface area contributed by atoms with Gasteiger partial charge in [0.15, 0.2) is 0 Å². The molecule has 5 heteroatoms. The van der Waals surface area contributed by atoms with E-state index in [-0.39, 0.29) is 12.1 Å². The van der Waals surface area contributed by atoms with Crippen LogP contribution in [0, 0.1) is 0 Å². The summed E-state index contributed by atoms with van der Waals surface area (Å²) in [5.74, 6) is 0. The maximum absolute atomic E-state index is 5.97. The van der Waals surface area contributed by atoms with Gasteiger partial charge < -0.3 is 15.2 Å². The van der Waals surface area contributed by atoms with E-state index >= 15 is 0 Å². The molecule has 0 aliphatic carbocycles. The van der Waals surface area contributed by atoms with E-state index in [1.54, 1.807) is 11.3 Å². The zero-order chi connectivity index (χ0) is 13.4. The molecule has 2 unspecified atom stereocenters. The topological polar surface area (TPSA) is 44.5 Å². The van der Waals surface area contributed by atoms with Crippen LogP contribution in [0.15, 0.2) is 15.9 Å². The van der Waals surface area contributed by atoms with E-state index in [1.165, 1.54) is 0 Å². The molecule has 0 bridgehead atoms. The number of hydrogen-bond acceptors (Lipinski definition) is 4. The molecule has 18 heavy (non-hydrogen) atoms. The lowest BCUT2D eigenvalue weighted by Gasteiger charge is -2.20. The molecule has 3 nitrogen and oxygen atoms in total. The summed E-state index contributed by atoms with van der Waals surface area (Å²) in [6.07, 6.45) is 2.22. The highest BCUT2D eigenvalue weighted by Gasteiger charge is 2.18. The van der Waals surface area contributed by atoms with E-state index in [2.05, 4.69) is 28.9 Å². The molecule has 2 atom stereocenters. The molecule has 0 saturated carbocycles. The zero-order valence-corrected chi connectivity index (χ0v) is 13.4. The first-order valence-electron chi connectivity index (χ1n) is 6.34. The fourth-order valence-corrected chi connectivity index (χ4v) is 3.16. The first kappa shape index (κ1) is 16.1. The van der Waals surface area contributed by atoms with E-state index < -0.39 is 0 Å². The molecule has 0 amide bonds. The summed E-state index contributed by atoms with van der Waals surface area (Å²) in [5.41, 5.74) is 5.97. The molecule has 1 rings (SSSR count). The largest absolute Gasteiger partial charge is 0.379 e. The van der Waals surface area contributed by atoms with Gasteiger partial charge >= 0.3 is 0 Å². The van der Waals surface area contributed by atoms with Crippen molar-refractivity contribution in [3.05, 3.63) is 20.8 Å². The second-order valence-corrected chi connectivity index (χ2v) is 6.14. The summed E-state index contributed by atoms with van der Waals surface area (Å²) in [6.45, 7) is 6.16. The predicted octanol–water partition coefficient (Wildman–Crippen LogP) is 3.73. The van der Waals surface area contributed by atoms with Crippen molar-refractivity contribution < 1.29 is 9.47 Å². The minimum Gasteiger partial charge on any atom is -0.379 e. The van der Waals surface area contributed by atoms with E-state index in [0.717, 1.165) is 28.8 Å². The van der Waals surface area contributed by atoms with Crippen LogP contribution in [0.5, 0.6) is 0 Å². The van der Waals surface area contributed by atoms with Gasteiger partial charge in [0.2, 0.25) is 0 Å². The summed E-state index contributed by atoms with van der Waals surface area (Å²) in [7, 11) is 0. The van der Waals surface area contributed by atoms with Crippen LogP contribution in [0.3, 0.4) is 0 Å². The number of rotatable bonds is 9. The standard InChI is InChI=1S/C13H22BrNO2S/c1-3-4-5-16-6-7-17-13(10(2)15)12-8-11(14)9-18-12/h8-10,13H,3-7,15H2,1-2H3. The summed E-state index contributed by atoms with van der Waals surface area (Å²) in [5, 5.41) is 2.05. The second-order valence-electron chi connectivity index (χ2n) is 4.28. The number of ether oxygens (including phenoxy) is 2. The van der Waals surface area contributed by atoms with E-state index in [1.807, 2.05) is 12.3 Å². The molecule has 0 fully saturated rings. The molecule has 1 aromatic heterocycles. The molecule has 0 saturated heterocycles. The monoisotopic (exact) mass is 335 g/mol. The van der Waals surface area contributed by atoms with Crippen LogP contribution in [-0.4, -0.2) is 25.9 Å². The van der Waals surface area contributed by atoms with Gasteiger partial charge in [-0.05, 0) is 35.3 Å². The number of halogens is 1. The van der Waals surface area contributed by atoms with Crippen molar-refractivity contribution in [2.75, 3.05) is 19.8 Å². The third-order valence-electron chi connectivity index (χ3n) is 2.51. The Morgan fingerprint density at radius 3 is 2.72 bits per heavy atom. The Kier molecular flexibility index (Phi) is 8.10.